The average Bonchev–Trinajstić information content (AvgIpc) is 3.18. The van der Waals surface area contributed by atoms with Gasteiger partial charge in [0.15, 0.2) is 17.7 Å². The van der Waals surface area contributed by atoms with Gasteiger partial charge in [0, 0.05) is 7.11 Å². The van der Waals surface area contributed by atoms with Crippen molar-refractivity contribution in [2.45, 2.75) is 24.5 Å². The number of phosphoric ester groups is 1. The Bertz CT molecular complexity index is 1120. The minimum Gasteiger partial charge on any atom is -0.387 e. The van der Waals surface area contributed by atoms with Crippen LogP contribution in [0.5, 0.6) is 0 Å². The van der Waals surface area contributed by atoms with Crippen molar-refractivity contribution in [1.29, 1.82) is 0 Å². The van der Waals surface area contributed by atoms with Crippen molar-refractivity contribution in [3.8, 4) is 0 Å². The van der Waals surface area contributed by atoms with Crippen molar-refractivity contribution in [1.82, 2.24) is 19.5 Å². The number of rotatable bonds is 9. The van der Waals surface area contributed by atoms with E-state index in [1.54, 1.807) is 0 Å². The maximum absolute atomic E-state index is 11.9. The Morgan fingerprint density at radius 2 is 1.81 bits per heavy atom. The molecule has 7 N–H and O–H groups in total. The third-order valence-corrected chi connectivity index (χ3v) is 7.87. The molecule has 0 aromatic carbocycles. The molecule has 1 aliphatic heterocycles. The molecule has 0 amide bonds. The van der Waals surface area contributed by atoms with E-state index in [1.807, 2.05) is 0 Å². The molecular formula is C11H18N5O13P3. The Morgan fingerprint density at radius 3 is 2.44 bits per heavy atom. The van der Waals surface area contributed by atoms with E-state index in [4.69, 9.17) is 25.0 Å². The van der Waals surface area contributed by atoms with Crippen LogP contribution in [0.2, 0.25) is 0 Å². The van der Waals surface area contributed by atoms with Gasteiger partial charge in [-0.1, -0.05) is 0 Å². The lowest BCUT2D eigenvalue weighted by Gasteiger charge is -2.19. The minimum atomic E-state index is -5.68. The molecule has 21 heteroatoms. The first-order valence-corrected chi connectivity index (χ1v) is 12.8. The molecule has 0 bridgehead atoms. The Hall–Kier alpha value is -1.36. The second kappa shape index (κ2) is 9.12. The molecule has 6 atom stereocenters. The second-order valence-electron chi connectivity index (χ2n) is 6.23. The molecule has 0 aliphatic carbocycles. The molecule has 3 rings (SSSR count). The number of anilines is 1. The van der Waals surface area contributed by atoms with Crippen LogP contribution in [0.3, 0.4) is 0 Å². The number of aromatic nitrogens is 4. The van der Waals surface area contributed by atoms with Crippen LogP contribution < -0.4 is 5.73 Å². The summed E-state index contributed by atoms with van der Waals surface area (Å²) in [6.07, 6.45) is -2.39. The van der Waals surface area contributed by atoms with Crippen molar-refractivity contribution < 1.29 is 61.0 Å². The number of imidazole rings is 1. The van der Waals surface area contributed by atoms with E-state index in [0.29, 0.717) is 0 Å². The van der Waals surface area contributed by atoms with E-state index in [0.717, 1.165) is 0 Å². The van der Waals surface area contributed by atoms with Crippen LogP contribution in [-0.2, 0) is 36.3 Å². The van der Waals surface area contributed by atoms with E-state index in [-0.39, 0.29) is 17.0 Å². The zero-order valence-corrected chi connectivity index (χ0v) is 18.6. The van der Waals surface area contributed by atoms with Crippen LogP contribution in [-0.4, -0.2) is 76.2 Å². The lowest BCUT2D eigenvalue weighted by molar-refractivity contribution is -0.0577. The molecule has 4 unspecified atom stereocenters. The maximum Gasteiger partial charge on any atom is 0.490 e. The number of hydrogen-bond acceptors (Lipinski definition) is 13. The fourth-order valence-electron chi connectivity index (χ4n) is 2.86. The van der Waals surface area contributed by atoms with E-state index < -0.39 is 54.6 Å². The summed E-state index contributed by atoms with van der Waals surface area (Å²) < 4.78 is 57.9. The summed E-state index contributed by atoms with van der Waals surface area (Å²) in [5.41, 5.74) is 6.22. The standard InChI is InChI=1S/C11H18N5O13P3/c1-25-8-7(17)5(2-26-31(21,22)29-32(23,24)28-30(18,19)20)27-11(8)16-4-15-6-9(12)13-3-14-10(6)16/h3-5,7-8,11,17H,2H2,1H3,(H,21,22)(H,23,24)(H2,12,13,14)(H2,18,19,20)/t5-,7?,8?,11-/m1/s1. The Labute approximate surface area is 178 Å². The van der Waals surface area contributed by atoms with Gasteiger partial charge in [-0.15, -0.1) is 0 Å². The van der Waals surface area contributed by atoms with Crippen molar-refractivity contribution in [2.24, 2.45) is 0 Å². The Balaban J connectivity index is 1.73. The fraction of sp³-hybridized carbons (Fsp3) is 0.545. The topological polar surface area (TPSA) is 268 Å². The fourth-order valence-corrected chi connectivity index (χ4v) is 5.89. The van der Waals surface area contributed by atoms with Gasteiger partial charge in [0.05, 0.1) is 12.9 Å². The molecule has 2 aromatic heterocycles. The summed E-state index contributed by atoms with van der Waals surface area (Å²) in [4.78, 5) is 47.7. The Morgan fingerprint density at radius 1 is 1.12 bits per heavy atom. The van der Waals surface area contributed by atoms with Gasteiger partial charge < -0.3 is 39.9 Å². The third kappa shape index (κ3) is 5.76. The van der Waals surface area contributed by atoms with Crippen LogP contribution in [0.1, 0.15) is 6.23 Å². The van der Waals surface area contributed by atoms with Gasteiger partial charge in [0.25, 0.3) is 0 Å². The number of nitrogens with zero attached hydrogens (tertiary/aromatic N) is 4. The quantitative estimate of drug-likeness (QED) is 0.216. The first-order chi connectivity index (χ1) is 14.7. The summed E-state index contributed by atoms with van der Waals surface area (Å²) in [6, 6.07) is 0. The van der Waals surface area contributed by atoms with Crippen molar-refractivity contribution >= 4 is 40.4 Å². The van der Waals surface area contributed by atoms with Crippen LogP contribution >= 0.6 is 23.5 Å². The largest absolute Gasteiger partial charge is 0.490 e. The summed E-state index contributed by atoms with van der Waals surface area (Å²) in [6.45, 7) is -0.870. The van der Waals surface area contributed by atoms with Gasteiger partial charge in [-0.25, -0.2) is 28.6 Å². The Kier molecular flexibility index (Phi) is 7.20. The van der Waals surface area contributed by atoms with E-state index >= 15 is 0 Å². The molecule has 1 aliphatic rings. The molecule has 1 saturated heterocycles. The van der Waals surface area contributed by atoms with Crippen LogP contribution in [0.25, 0.3) is 11.2 Å². The van der Waals surface area contributed by atoms with Gasteiger partial charge in [-0.3, -0.25) is 9.09 Å². The summed E-state index contributed by atoms with van der Waals surface area (Å²) in [5.74, 6) is 0.0884. The maximum atomic E-state index is 11.9. The molecule has 0 saturated carbocycles. The summed E-state index contributed by atoms with van der Waals surface area (Å²) in [7, 11) is -15.4. The molecule has 18 nitrogen and oxygen atoms in total. The number of aliphatic hydroxyl groups is 1. The average molecular weight is 521 g/mol. The monoisotopic (exact) mass is 521 g/mol. The number of nitrogens with two attached hydrogens (primary N) is 1. The summed E-state index contributed by atoms with van der Waals surface area (Å²) in [5, 5.41) is 10.5. The highest BCUT2D eigenvalue weighted by Gasteiger charge is 2.47. The molecule has 3 heterocycles. The molecule has 0 spiro atoms. The van der Waals surface area contributed by atoms with Gasteiger partial charge >= 0.3 is 23.5 Å². The number of phosphoric acid groups is 3. The van der Waals surface area contributed by atoms with E-state index in [9.17, 15) is 28.6 Å². The van der Waals surface area contributed by atoms with Crippen LogP contribution in [0.15, 0.2) is 12.7 Å². The number of aliphatic hydroxyl groups excluding tert-OH is 1. The number of nitrogen functional groups attached to an aromatic ring is 1. The second-order valence-corrected chi connectivity index (χ2v) is 10.6. The van der Waals surface area contributed by atoms with Crippen LogP contribution in [0.4, 0.5) is 5.82 Å². The molecule has 2 aromatic rings. The van der Waals surface area contributed by atoms with Gasteiger partial charge in [-0.05, 0) is 0 Å². The highest BCUT2D eigenvalue weighted by Crippen LogP contribution is 2.66. The summed E-state index contributed by atoms with van der Waals surface area (Å²) >= 11 is 0. The molecule has 1 fully saturated rings. The first-order valence-electron chi connectivity index (χ1n) is 8.31. The minimum absolute atomic E-state index is 0.0884. The van der Waals surface area contributed by atoms with Crippen LogP contribution in [0, 0.1) is 0 Å². The molecule has 180 valence electrons. The lowest BCUT2D eigenvalue weighted by atomic mass is 10.1. The zero-order valence-electron chi connectivity index (χ0n) is 15.9. The van der Waals surface area contributed by atoms with Gasteiger partial charge in [-0.2, -0.15) is 8.62 Å². The molecule has 32 heavy (non-hydrogen) atoms. The van der Waals surface area contributed by atoms with E-state index in [1.165, 1.54) is 24.3 Å². The molecule has 0 radical (unpaired) electrons. The predicted octanol–water partition coefficient (Wildman–Crippen LogP) is -0.975. The SMILES string of the molecule is COC1C(O)[C@@H](COP(=O)(O)OP(=O)(O)OP(=O)(O)O)O[C@H]1n1cnc2c(N)ncnc21. The van der Waals surface area contributed by atoms with Crippen molar-refractivity contribution in [3.63, 3.8) is 0 Å². The number of ether oxygens (including phenoxy) is 2. The predicted molar refractivity (Wildman–Crippen MR) is 100 cm³/mol. The first kappa shape index (κ1) is 25.3. The number of fused-ring (bicyclic) bond motifs is 1. The zero-order chi connectivity index (χ0) is 23.9. The van der Waals surface area contributed by atoms with E-state index in [2.05, 4.69) is 28.1 Å². The highest BCUT2D eigenvalue weighted by molar-refractivity contribution is 7.66. The highest BCUT2D eigenvalue weighted by atomic mass is 31.3. The van der Waals surface area contributed by atoms with Gasteiger partial charge in [0.2, 0.25) is 0 Å². The normalized spacial score (nSPS) is 27.9. The lowest BCUT2D eigenvalue weighted by Crippen LogP contribution is -2.35. The molecular weight excluding hydrogens is 503 g/mol. The smallest absolute Gasteiger partial charge is 0.387 e. The number of methoxy groups -OCH3 is 1. The van der Waals surface area contributed by atoms with Crippen molar-refractivity contribution in [2.75, 3.05) is 19.5 Å². The van der Waals surface area contributed by atoms with Gasteiger partial charge in [0.1, 0.15) is 30.2 Å². The number of hydrogen-bond donors (Lipinski definition) is 6. The third-order valence-electron chi connectivity index (χ3n) is 4.06. The van der Waals surface area contributed by atoms with Crippen molar-refractivity contribution in [3.05, 3.63) is 12.7 Å².